The van der Waals surface area contributed by atoms with Gasteiger partial charge in [-0.15, -0.1) is 23.7 Å². The molecule has 0 radical (unpaired) electrons. The third-order valence-corrected chi connectivity index (χ3v) is 5.16. The van der Waals surface area contributed by atoms with E-state index in [-0.39, 0.29) is 17.8 Å². The summed E-state index contributed by atoms with van der Waals surface area (Å²) in [5.41, 5.74) is 0.229. The Morgan fingerprint density at radius 2 is 2.20 bits per heavy atom. The average Bonchev–Trinajstić information content (AvgIpc) is 2.78. The predicted octanol–water partition coefficient (Wildman–Crippen LogP) is 3.29. The molecule has 1 unspecified atom stereocenters. The van der Waals surface area contributed by atoms with Crippen molar-refractivity contribution in [3.8, 4) is 0 Å². The van der Waals surface area contributed by atoms with Gasteiger partial charge in [0.1, 0.15) is 5.01 Å². The van der Waals surface area contributed by atoms with Gasteiger partial charge in [0, 0.05) is 17.6 Å². The first-order valence-electron chi connectivity index (χ1n) is 7.31. The van der Waals surface area contributed by atoms with Crippen LogP contribution in [0.5, 0.6) is 0 Å². The number of thiazole rings is 1. The van der Waals surface area contributed by atoms with Crippen LogP contribution in [0, 0.1) is 5.92 Å². The third-order valence-electron chi connectivity index (χ3n) is 3.75. The monoisotopic (exact) mass is 317 g/mol. The Balaban J connectivity index is 0.00000200. The van der Waals surface area contributed by atoms with Gasteiger partial charge in [0.2, 0.25) is 0 Å². The van der Waals surface area contributed by atoms with Crippen molar-refractivity contribution in [2.24, 2.45) is 5.92 Å². The molecule has 0 saturated carbocycles. The molecule has 1 aliphatic rings. The molecule has 1 aliphatic heterocycles. The SMILES string of the molecule is CNCC1CCCN(Cc2ncc(C(C)(C)C)s2)C1.Cl. The molecule has 5 heteroatoms. The molecule has 1 aromatic heterocycles. The lowest BCUT2D eigenvalue weighted by Crippen LogP contribution is -2.38. The van der Waals surface area contributed by atoms with Gasteiger partial charge >= 0.3 is 0 Å². The minimum Gasteiger partial charge on any atom is -0.319 e. The van der Waals surface area contributed by atoms with Crippen LogP contribution < -0.4 is 5.32 Å². The topological polar surface area (TPSA) is 28.2 Å². The van der Waals surface area contributed by atoms with E-state index in [4.69, 9.17) is 0 Å². The van der Waals surface area contributed by atoms with E-state index in [2.05, 4.69) is 49.2 Å². The Bertz CT molecular complexity index is 398. The summed E-state index contributed by atoms with van der Waals surface area (Å²) in [7, 11) is 2.05. The summed E-state index contributed by atoms with van der Waals surface area (Å²) >= 11 is 1.88. The van der Waals surface area contributed by atoms with Gasteiger partial charge in [-0.25, -0.2) is 4.98 Å². The van der Waals surface area contributed by atoms with Crippen LogP contribution in [-0.4, -0.2) is 36.6 Å². The maximum absolute atomic E-state index is 4.61. The molecule has 0 aromatic carbocycles. The maximum atomic E-state index is 4.61. The first-order valence-corrected chi connectivity index (χ1v) is 8.13. The van der Waals surface area contributed by atoms with Crippen molar-refractivity contribution < 1.29 is 0 Å². The van der Waals surface area contributed by atoms with Gasteiger partial charge < -0.3 is 5.32 Å². The molecule has 20 heavy (non-hydrogen) atoms. The van der Waals surface area contributed by atoms with E-state index in [0.717, 1.165) is 19.0 Å². The fourth-order valence-corrected chi connectivity index (χ4v) is 3.69. The fraction of sp³-hybridized carbons (Fsp3) is 0.800. The highest BCUT2D eigenvalue weighted by atomic mass is 35.5. The van der Waals surface area contributed by atoms with E-state index in [9.17, 15) is 0 Å². The summed E-state index contributed by atoms with van der Waals surface area (Å²) in [5.74, 6) is 0.806. The number of nitrogens with zero attached hydrogens (tertiary/aromatic N) is 2. The van der Waals surface area contributed by atoms with E-state index >= 15 is 0 Å². The van der Waals surface area contributed by atoms with E-state index in [1.807, 2.05) is 11.3 Å². The first-order chi connectivity index (χ1) is 8.99. The minimum atomic E-state index is 0. The molecule has 0 bridgehead atoms. The van der Waals surface area contributed by atoms with E-state index in [0.29, 0.717) is 0 Å². The number of hydrogen-bond donors (Lipinski definition) is 1. The van der Waals surface area contributed by atoms with Gasteiger partial charge in [0.05, 0.1) is 6.54 Å². The van der Waals surface area contributed by atoms with Crippen LogP contribution in [0.3, 0.4) is 0 Å². The lowest BCUT2D eigenvalue weighted by Gasteiger charge is -2.32. The van der Waals surface area contributed by atoms with Crippen molar-refractivity contribution in [1.82, 2.24) is 15.2 Å². The molecule has 2 heterocycles. The van der Waals surface area contributed by atoms with Crippen LogP contribution in [0.25, 0.3) is 0 Å². The normalized spacial score (nSPS) is 20.7. The number of hydrogen-bond acceptors (Lipinski definition) is 4. The Morgan fingerprint density at radius 3 is 2.80 bits per heavy atom. The highest BCUT2D eigenvalue weighted by Gasteiger charge is 2.22. The Kier molecular flexibility index (Phi) is 6.92. The second-order valence-electron chi connectivity index (χ2n) is 6.67. The summed E-state index contributed by atoms with van der Waals surface area (Å²) < 4.78 is 0. The van der Waals surface area contributed by atoms with Gasteiger partial charge in [0.15, 0.2) is 0 Å². The van der Waals surface area contributed by atoms with Crippen molar-refractivity contribution in [1.29, 1.82) is 0 Å². The van der Waals surface area contributed by atoms with Gasteiger partial charge in [-0.3, -0.25) is 4.90 Å². The zero-order valence-electron chi connectivity index (χ0n) is 13.1. The van der Waals surface area contributed by atoms with Gasteiger partial charge in [-0.1, -0.05) is 20.8 Å². The van der Waals surface area contributed by atoms with Crippen LogP contribution >= 0.6 is 23.7 Å². The van der Waals surface area contributed by atoms with Crippen LogP contribution in [0.4, 0.5) is 0 Å². The molecule has 1 atom stereocenters. The molecular formula is C15H28ClN3S. The third kappa shape index (κ3) is 4.99. The molecule has 1 fully saturated rings. The lowest BCUT2D eigenvalue weighted by molar-refractivity contribution is 0.166. The molecule has 1 N–H and O–H groups in total. The molecule has 0 spiro atoms. The van der Waals surface area contributed by atoms with E-state index < -0.39 is 0 Å². The van der Waals surface area contributed by atoms with Crippen molar-refractivity contribution >= 4 is 23.7 Å². The molecule has 3 nitrogen and oxygen atoms in total. The zero-order valence-corrected chi connectivity index (χ0v) is 14.7. The van der Waals surface area contributed by atoms with Gasteiger partial charge in [0.25, 0.3) is 0 Å². The lowest BCUT2D eigenvalue weighted by atomic mass is 9.96. The first kappa shape index (κ1) is 17.9. The van der Waals surface area contributed by atoms with Gasteiger partial charge in [-0.05, 0) is 44.3 Å². The molecule has 0 amide bonds. The second kappa shape index (κ2) is 7.74. The van der Waals surface area contributed by atoms with Crippen LogP contribution in [-0.2, 0) is 12.0 Å². The summed E-state index contributed by atoms with van der Waals surface area (Å²) in [6.45, 7) is 11.4. The van der Waals surface area contributed by atoms with E-state index in [1.165, 1.54) is 35.8 Å². The predicted molar refractivity (Wildman–Crippen MR) is 90.0 cm³/mol. The van der Waals surface area contributed by atoms with E-state index in [1.54, 1.807) is 0 Å². The summed E-state index contributed by atoms with van der Waals surface area (Å²) in [6.07, 6.45) is 4.75. The summed E-state index contributed by atoms with van der Waals surface area (Å²) in [4.78, 5) is 8.57. The summed E-state index contributed by atoms with van der Waals surface area (Å²) in [5, 5.41) is 4.58. The zero-order chi connectivity index (χ0) is 13.9. The number of piperidine rings is 1. The van der Waals surface area contributed by atoms with Crippen molar-refractivity contribution in [3.05, 3.63) is 16.1 Å². The number of likely N-dealkylation sites (tertiary alicyclic amines) is 1. The average molecular weight is 318 g/mol. The Hall–Kier alpha value is -0.160. The molecular weight excluding hydrogens is 290 g/mol. The molecule has 116 valence electrons. The standard InChI is InChI=1S/C15H27N3S.ClH/c1-15(2,3)13-9-17-14(19-13)11-18-7-5-6-12(10-18)8-16-4;/h9,12,16H,5-8,10-11H2,1-4H3;1H. The summed E-state index contributed by atoms with van der Waals surface area (Å²) in [6, 6.07) is 0. The maximum Gasteiger partial charge on any atom is 0.107 e. The molecule has 0 aliphatic carbocycles. The van der Waals surface area contributed by atoms with Crippen molar-refractivity contribution in [2.45, 2.75) is 45.6 Å². The quantitative estimate of drug-likeness (QED) is 0.923. The Morgan fingerprint density at radius 1 is 1.45 bits per heavy atom. The number of rotatable bonds is 4. The van der Waals surface area contributed by atoms with Crippen LogP contribution in [0.15, 0.2) is 6.20 Å². The van der Waals surface area contributed by atoms with Gasteiger partial charge in [-0.2, -0.15) is 0 Å². The highest BCUT2D eigenvalue weighted by Crippen LogP contribution is 2.28. The molecule has 1 aromatic rings. The number of aromatic nitrogens is 1. The van der Waals surface area contributed by atoms with Crippen molar-refractivity contribution in [2.75, 3.05) is 26.7 Å². The van der Waals surface area contributed by atoms with Crippen LogP contribution in [0.2, 0.25) is 0 Å². The number of nitrogens with one attached hydrogen (secondary N) is 1. The second-order valence-corrected chi connectivity index (χ2v) is 7.78. The highest BCUT2D eigenvalue weighted by molar-refractivity contribution is 7.11. The van der Waals surface area contributed by atoms with Crippen molar-refractivity contribution in [3.63, 3.8) is 0 Å². The largest absolute Gasteiger partial charge is 0.319 e. The molecule has 1 saturated heterocycles. The fourth-order valence-electron chi connectivity index (χ4n) is 2.67. The minimum absolute atomic E-state index is 0. The number of halogens is 1. The Labute approximate surface area is 133 Å². The molecule has 2 rings (SSSR count). The smallest absolute Gasteiger partial charge is 0.107 e. The van der Waals surface area contributed by atoms with Crippen LogP contribution in [0.1, 0.15) is 43.5 Å².